The number of thiophene rings is 1. The fourth-order valence-corrected chi connectivity index (χ4v) is 3.05. The molecule has 4 aromatic rings. The molecular weight excluding hydrogens is 384 g/mol. The van der Waals surface area contributed by atoms with Crippen LogP contribution in [0.2, 0.25) is 0 Å². The predicted octanol–water partition coefficient (Wildman–Crippen LogP) is 2.92. The van der Waals surface area contributed by atoms with Crippen LogP contribution in [0, 0.1) is 0 Å². The SMILES string of the molecule is C[C@@H](OC(=O)Cn1nc(-c2ccccc2)oc1=O)c1nnc(-c2cccs2)o1. The molecule has 0 aliphatic carbocycles. The Balaban J connectivity index is 1.42. The molecule has 0 aliphatic rings. The quantitative estimate of drug-likeness (QED) is 0.456. The Bertz CT molecular complexity index is 1130. The van der Waals surface area contributed by atoms with E-state index in [1.165, 1.54) is 11.3 Å². The maximum absolute atomic E-state index is 12.2. The van der Waals surface area contributed by atoms with Crippen molar-refractivity contribution in [3.8, 4) is 22.2 Å². The number of ether oxygens (including phenoxy) is 1. The molecule has 1 aromatic carbocycles. The van der Waals surface area contributed by atoms with Gasteiger partial charge in [0.1, 0.15) is 6.54 Å². The zero-order chi connectivity index (χ0) is 19.5. The zero-order valence-electron chi connectivity index (χ0n) is 14.6. The molecule has 28 heavy (non-hydrogen) atoms. The maximum atomic E-state index is 12.2. The van der Waals surface area contributed by atoms with Crippen LogP contribution in [0.1, 0.15) is 18.9 Å². The average Bonchev–Trinajstić information content (AvgIpc) is 3.43. The van der Waals surface area contributed by atoms with Crippen LogP contribution in [-0.2, 0) is 16.1 Å². The minimum atomic E-state index is -0.773. The van der Waals surface area contributed by atoms with Gasteiger partial charge in [0.25, 0.3) is 11.8 Å². The third-order valence-electron chi connectivity index (χ3n) is 3.73. The van der Waals surface area contributed by atoms with E-state index in [1.807, 2.05) is 23.6 Å². The van der Waals surface area contributed by atoms with Crippen molar-refractivity contribution in [3.63, 3.8) is 0 Å². The third-order valence-corrected chi connectivity index (χ3v) is 4.59. The summed E-state index contributed by atoms with van der Waals surface area (Å²) in [5.74, 6) is -0.786. The van der Waals surface area contributed by atoms with Crippen LogP contribution in [0.5, 0.6) is 0 Å². The summed E-state index contributed by atoms with van der Waals surface area (Å²) in [5.41, 5.74) is 0.632. The highest BCUT2D eigenvalue weighted by molar-refractivity contribution is 7.13. The number of aromatic nitrogens is 4. The van der Waals surface area contributed by atoms with Crippen LogP contribution in [0.3, 0.4) is 0 Å². The molecule has 0 spiro atoms. The van der Waals surface area contributed by atoms with Gasteiger partial charge in [0.05, 0.1) is 4.88 Å². The van der Waals surface area contributed by atoms with Gasteiger partial charge in [0.2, 0.25) is 5.89 Å². The summed E-state index contributed by atoms with van der Waals surface area (Å²) >= 11 is 1.46. The van der Waals surface area contributed by atoms with Crippen molar-refractivity contribution in [2.24, 2.45) is 0 Å². The number of hydrogen-bond acceptors (Lipinski definition) is 9. The predicted molar refractivity (Wildman–Crippen MR) is 98.3 cm³/mol. The summed E-state index contributed by atoms with van der Waals surface area (Å²) in [4.78, 5) is 24.9. The Morgan fingerprint density at radius 1 is 1.14 bits per heavy atom. The van der Waals surface area contributed by atoms with Crippen LogP contribution in [0.4, 0.5) is 0 Å². The summed E-state index contributed by atoms with van der Waals surface area (Å²) in [6.07, 6.45) is -0.773. The topological polar surface area (TPSA) is 113 Å². The fraction of sp³-hybridized carbons (Fsp3) is 0.167. The number of nitrogens with zero attached hydrogens (tertiary/aromatic N) is 4. The Hall–Kier alpha value is -3.53. The Morgan fingerprint density at radius 3 is 2.71 bits per heavy atom. The molecule has 0 amide bonds. The van der Waals surface area contributed by atoms with Crippen LogP contribution < -0.4 is 5.76 Å². The lowest BCUT2D eigenvalue weighted by Crippen LogP contribution is -2.23. The third kappa shape index (κ3) is 3.76. The second kappa shape index (κ2) is 7.61. The second-order valence-electron chi connectivity index (χ2n) is 5.75. The molecule has 142 valence electrons. The van der Waals surface area contributed by atoms with E-state index in [4.69, 9.17) is 13.6 Å². The zero-order valence-corrected chi connectivity index (χ0v) is 15.5. The van der Waals surface area contributed by atoms with Crippen LogP contribution >= 0.6 is 11.3 Å². The van der Waals surface area contributed by atoms with E-state index < -0.39 is 24.4 Å². The Morgan fingerprint density at radius 2 is 1.96 bits per heavy atom. The molecule has 4 rings (SSSR count). The smallest absolute Gasteiger partial charge is 0.437 e. The highest BCUT2D eigenvalue weighted by Crippen LogP contribution is 2.25. The molecule has 0 bridgehead atoms. The highest BCUT2D eigenvalue weighted by Gasteiger charge is 2.21. The normalized spacial score (nSPS) is 12.0. The van der Waals surface area contributed by atoms with E-state index in [2.05, 4.69) is 15.3 Å². The van der Waals surface area contributed by atoms with Gasteiger partial charge in [0, 0.05) is 5.56 Å². The second-order valence-corrected chi connectivity index (χ2v) is 6.70. The first-order chi connectivity index (χ1) is 13.6. The van der Waals surface area contributed by atoms with Crippen molar-refractivity contribution in [2.75, 3.05) is 0 Å². The van der Waals surface area contributed by atoms with Gasteiger partial charge in [-0.15, -0.1) is 26.6 Å². The van der Waals surface area contributed by atoms with Gasteiger partial charge in [-0.05, 0) is 30.5 Å². The number of carbonyl (C=O) groups is 1. The number of esters is 1. The van der Waals surface area contributed by atoms with E-state index in [-0.39, 0.29) is 11.8 Å². The molecule has 10 heteroatoms. The van der Waals surface area contributed by atoms with Gasteiger partial charge in [-0.25, -0.2) is 4.79 Å². The van der Waals surface area contributed by atoms with Crippen molar-refractivity contribution in [1.82, 2.24) is 20.0 Å². The lowest BCUT2D eigenvalue weighted by Gasteiger charge is -2.08. The summed E-state index contributed by atoms with van der Waals surface area (Å²) in [6, 6.07) is 12.6. The number of hydrogen-bond donors (Lipinski definition) is 0. The first kappa shape index (κ1) is 17.9. The molecule has 0 unspecified atom stereocenters. The summed E-state index contributed by atoms with van der Waals surface area (Å²) in [7, 11) is 0. The van der Waals surface area contributed by atoms with Gasteiger partial charge in [0.15, 0.2) is 6.10 Å². The molecule has 0 saturated heterocycles. The van der Waals surface area contributed by atoms with Gasteiger partial charge in [-0.1, -0.05) is 24.3 Å². The monoisotopic (exact) mass is 398 g/mol. The van der Waals surface area contributed by atoms with Crippen molar-refractivity contribution in [3.05, 3.63) is 64.3 Å². The number of rotatable bonds is 6. The largest absolute Gasteiger partial charge is 0.451 e. The van der Waals surface area contributed by atoms with E-state index >= 15 is 0 Å². The van der Waals surface area contributed by atoms with E-state index in [0.29, 0.717) is 11.5 Å². The van der Waals surface area contributed by atoms with Crippen molar-refractivity contribution in [2.45, 2.75) is 19.6 Å². The van der Waals surface area contributed by atoms with E-state index in [0.717, 1.165) is 9.56 Å². The lowest BCUT2D eigenvalue weighted by atomic mass is 10.2. The molecule has 0 radical (unpaired) electrons. The van der Waals surface area contributed by atoms with Gasteiger partial charge in [-0.3, -0.25) is 4.79 Å². The maximum Gasteiger partial charge on any atom is 0.437 e. The van der Waals surface area contributed by atoms with Crippen LogP contribution in [-0.4, -0.2) is 25.9 Å². The fourth-order valence-electron chi connectivity index (χ4n) is 2.41. The van der Waals surface area contributed by atoms with Gasteiger partial charge >= 0.3 is 11.7 Å². The minimum Gasteiger partial charge on any atom is -0.451 e. The van der Waals surface area contributed by atoms with Gasteiger partial charge < -0.3 is 13.6 Å². The molecule has 3 aromatic heterocycles. The Labute approximate surface area is 162 Å². The minimum absolute atomic E-state index is 0.129. The molecule has 0 fully saturated rings. The standard InChI is InChI=1S/C18H14N4O5S/c1-11(15-19-20-17(26-15)13-8-5-9-28-13)25-14(23)10-22-18(24)27-16(21-22)12-6-3-2-4-7-12/h2-9,11H,10H2,1H3/t11-/m1/s1. The molecular formula is C18H14N4O5S. The molecule has 1 atom stereocenters. The average molecular weight is 398 g/mol. The van der Waals surface area contributed by atoms with Crippen LogP contribution in [0.15, 0.2) is 61.5 Å². The van der Waals surface area contributed by atoms with E-state index in [1.54, 1.807) is 31.2 Å². The number of carbonyl (C=O) groups excluding carboxylic acids is 1. The van der Waals surface area contributed by atoms with Crippen LogP contribution in [0.25, 0.3) is 22.2 Å². The molecule has 0 N–H and O–H groups in total. The molecule has 3 heterocycles. The van der Waals surface area contributed by atoms with Crippen molar-refractivity contribution >= 4 is 17.3 Å². The first-order valence-electron chi connectivity index (χ1n) is 8.30. The Kier molecular flexibility index (Phi) is 4.85. The highest BCUT2D eigenvalue weighted by atomic mass is 32.1. The molecule has 9 nitrogen and oxygen atoms in total. The summed E-state index contributed by atoms with van der Waals surface area (Å²) in [5, 5.41) is 13.8. The van der Waals surface area contributed by atoms with Gasteiger partial charge in [-0.2, -0.15) is 4.68 Å². The summed E-state index contributed by atoms with van der Waals surface area (Å²) < 4.78 is 16.8. The van der Waals surface area contributed by atoms with Crippen molar-refractivity contribution < 1.29 is 18.4 Å². The summed E-state index contributed by atoms with van der Waals surface area (Å²) in [6.45, 7) is 1.20. The molecule has 0 aliphatic heterocycles. The lowest BCUT2D eigenvalue weighted by molar-refractivity contribution is -0.150. The van der Waals surface area contributed by atoms with E-state index in [9.17, 15) is 9.59 Å². The first-order valence-corrected chi connectivity index (χ1v) is 9.18. The molecule has 0 saturated carbocycles. The van der Waals surface area contributed by atoms with Crippen molar-refractivity contribution in [1.29, 1.82) is 0 Å². The number of benzene rings is 1.